The van der Waals surface area contributed by atoms with E-state index in [4.69, 9.17) is 21.3 Å². The molecular weight excluding hydrogens is 272 g/mol. The number of unbranched alkanes of at least 4 members (excludes halogenated alkanes) is 1. The molecule has 0 spiro atoms. The first-order chi connectivity index (χ1) is 9.72. The lowest BCUT2D eigenvalue weighted by Crippen LogP contribution is -2.10. The molecule has 0 bridgehead atoms. The van der Waals surface area contributed by atoms with Gasteiger partial charge in [-0.05, 0) is 25.5 Å². The van der Waals surface area contributed by atoms with Crippen molar-refractivity contribution in [3.05, 3.63) is 24.0 Å². The van der Waals surface area contributed by atoms with Gasteiger partial charge in [0.2, 0.25) is 0 Å². The van der Waals surface area contributed by atoms with E-state index in [1.165, 1.54) is 12.8 Å². The van der Waals surface area contributed by atoms with E-state index in [0.29, 0.717) is 11.9 Å². The number of halogens is 1. The van der Waals surface area contributed by atoms with Gasteiger partial charge in [-0.15, -0.1) is 11.6 Å². The number of fused-ring (bicyclic) bond motifs is 1. The number of methoxy groups -OCH3 is 1. The van der Waals surface area contributed by atoms with E-state index in [0.717, 1.165) is 35.4 Å². The van der Waals surface area contributed by atoms with Crippen molar-refractivity contribution in [2.75, 3.05) is 13.0 Å². The maximum absolute atomic E-state index is 5.93. The molecule has 1 heterocycles. The van der Waals surface area contributed by atoms with Crippen LogP contribution in [0.1, 0.15) is 45.0 Å². The average molecular weight is 295 g/mol. The molecule has 2 aromatic rings. The van der Waals surface area contributed by atoms with Gasteiger partial charge in [0, 0.05) is 18.3 Å². The van der Waals surface area contributed by atoms with E-state index in [-0.39, 0.29) is 0 Å². The number of rotatable bonds is 7. The summed E-state index contributed by atoms with van der Waals surface area (Å²) in [5.41, 5.74) is 2.09. The molecule has 110 valence electrons. The van der Waals surface area contributed by atoms with Gasteiger partial charge in [-0.3, -0.25) is 0 Å². The van der Waals surface area contributed by atoms with Crippen LogP contribution in [-0.4, -0.2) is 22.5 Å². The topological polar surface area (TPSA) is 27.1 Å². The molecule has 1 unspecified atom stereocenters. The molecule has 3 nitrogen and oxygen atoms in total. The molecule has 1 aromatic heterocycles. The van der Waals surface area contributed by atoms with E-state index in [2.05, 4.69) is 24.5 Å². The summed E-state index contributed by atoms with van der Waals surface area (Å²) >= 11 is 5.93. The molecule has 0 aliphatic carbocycles. The maximum Gasteiger partial charge on any atom is 0.146 e. The number of benzene rings is 1. The SMILES string of the molecule is CCCCC(C)n1c(CCCl)nc2c(OC)cccc21. The summed E-state index contributed by atoms with van der Waals surface area (Å²) in [6.45, 7) is 4.48. The van der Waals surface area contributed by atoms with Gasteiger partial charge < -0.3 is 9.30 Å². The zero-order valence-corrected chi connectivity index (χ0v) is 13.3. The second-order valence-electron chi connectivity index (χ2n) is 5.16. The summed E-state index contributed by atoms with van der Waals surface area (Å²) in [4.78, 5) is 4.76. The van der Waals surface area contributed by atoms with E-state index in [1.807, 2.05) is 12.1 Å². The Hall–Kier alpha value is -1.22. The molecule has 0 saturated heterocycles. The number of aromatic nitrogens is 2. The van der Waals surface area contributed by atoms with Gasteiger partial charge in [0.1, 0.15) is 17.1 Å². The van der Waals surface area contributed by atoms with Crippen LogP contribution in [0.4, 0.5) is 0 Å². The summed E-state index contributed by atoms with van der Waals surface area (Å²) in [5, 5.41) is 0. The standard InChI is InChI=1S/C16H23ClN2O/c1-4-5-7-12(2)19-13-8-6-9-14(20-3)16(13)18-15(19)10-11-17/h6,8-9,12H,4-5,7,10-11H2,1-3H3. The summed E-state index contributed by atoms with van der Waals surface area (Å²) < 4.78 is 7.76. The Balaban J connectivity index is 2.51. The van der Waals surface area contributed by atoms with Crippen molar-refractivity contribution in [3.8, 4) is 5.75 Å². The third-order valence-electron chi connectivity index (χ3n) is 3.71. The zero-order chi connectivity index (χ0) is 14.5. The molecule has 4 heteroatoms. The molecule has 0 radical (unpaired) electrons. The zero-order valence-electron chi connectivity index (χ0n) is 12.5. The second-order valence-corrected chi connectivity index (χ2v) is 5.53. The lowest BCUT2D eigenvalue weighted by Gasteiger charge is -2.17. The highest BCUT2D eigenvalue weighted by Crippen LogP contribution is 2.30. The Morgan fingerprint density at radius 1 is 1.40 bits per heavy atom. The van der Waals surface area contributed by atoms with Crippen LogP contribution in [0.3, 0.4) is 0 Å². The van der Waals surface area contributed by atoms with Crippen LogP contribution in [0.5, 0.6) is 5.75 Å². The van der Waals surface area contributed by atoms with E-state index < -0.39 is 0 Å². The monoisotopic (exact) mass is 294 g/mol. The molecule has 1 atom stereocenters. The fourth-order valence-corrected chi connectivity index (χ4v) is 2.85. The van der Waals surface area contributed by atoms with E-state index >= 15 is 0 Å². The van der Waals surface area contributed by atoms with Gasteiger partial charge in [-0.2, -0.15) is 0 Å². The van der Waals surface area contributed by atoms with Gasteiger partial charge >= 0.3 is 0 Å². The van der Waals surface area contributed by atoms with Crippen molar-refractivity contribution >= 4 is 22.6 Å². The molecular formula is C16H23ClN2O. The number of hydrogen-bond acceptors (Lipinski definition) is 2. The maximum atomic E-state index is 5.93. The third kappa shape index (κ3) is 2.93. The number of hydrogen-bond donors (Lipinski definition) is 0. The Bertz CT molecular complexity index is 565. The first-order valence-electron chi connectivity index (χ1n) is 7.32. The quantitative estimate of drug-likeness (QED) is 0.699. The fraction of sp³-hybridized carbons (Fsp3) is 0.562. The van der Waals surface area contributed by atoms with E-state index in [9.17, 15) is 0 Å². The molecule has 0 saturated carbocycles. The minimum Gasteiger partial charge on any atom is -0.494 e. The predicted molar refractivity (Wildman–Crippen MR) is 84.9 cm³/mol. The van der Waals surface area contributed by atoms with Crippen LogP contribution in [0.25, 0.3) is 11.0 Å². The largest absolute Gasteiger partial charge is 0.494 e. The summed E-state index contributed by atoms with van der Waals surface area (Å²) in [6, 6.07) is 6.53. The van der Waals surface area contributed by atoms with Crippen molar-refractivity contribution in [1.29, 1.82) is 0 Å². The summed E-state index contributed by atoms with van der Waals surface area (Å²) in [7, 11) is 1.69. The van der Waals surface area contributed by atoms with Crippen LogP contribution in [0.15, 0.2) is 18.2 Å². The highest BCUT2D eigenvalue weighted by Gasteiger charge is 2.17. The normalized spacial score (nSPS) is 12.8. The van der Waals surface area contributed by atoms with Crippen LogP contribution in [0, 0.1) is 0 Å². The predicted octanol–water partition coefficient (Wildman–Crippen LogP) is 4.58. The molecule has 0 N–H and O–H groups in total. The first kappa shape index (κ1) is 15.2. The summed E-state index contributed by atoms with van der Waals surface area (Å²) in [5.74, 6) is 2.48. The number of aryl methyl sites for hydroxylation is 1. The van der Waals surface area contributed by atoms with Crippen LogP contribution < -0.4 is 4.74 Å². The third-order valence-corrected chi connectivity index (χ3v) is 3.90. The van der Waals surface area contributed by atoms with Gasteiger partial charge in [0.05, 0.1) is 12.6 Å². The highest BCUT2D eigenvalue weighted by atomic mass is 35.5. The molecule has 2 rings (SSSR count). The smallest absolute Gasteiger partial charge is 0.146 e. The molecule has 0 aliphatic heterocycles. The Labute approximate surface area is 125 Å². The second kappa shape index (κ2) is 6.98. The average Bonchev–Trinajstić information content (AvgIpc) is 2.83. The number of alkyl halides is 1. The number of ether oxygens (including phenoxy) is 1. The van der Waals surface area contributed by atoms with Crippen molar-refractivity contribution in [3.63, 3.8) is 0 Å². The minimum absolute atomic E-state index is 0.435. The number of para-hydroxylation sites is 1. The molecule has 20 heavy (non-hydrogen) atoms. The minimum atomic E-state index is 0.435. The molecule has 0 fully saturated rings. The number of imidazole rings is 1. The van der Waals surface area contributed by atoms with Crippen molar-refractivity contribution in [2.45, 2.75) is 45.6 Å². The molecule has 0 aliphatic rings. The lowest BCUT2D eigenvalue weighted by atomic mass is 10.1. The van der Waals surface area contributed by atoms with Crippen molar-refractivity contribution in [2.24, 2.45) is 0 Å². The Morgan fingerprint density at radius 3 is 2.85 bits per heavy atom. The highest BCUT2D eigenvalue weighted by molar-refractivity contribution is 6.17. The van der Waals surface area contributed by atoms with Crippen LogP contribution in [-0.2, 0) is 6.42 Å². The van der Waals surface area contributed by atoms with Crippen molar-refractivity contribution in [1.82, 2.24) is 9.55 Å². The molecule has 0 amide bonds. The lowest BCUT2D eigenvalue weighted by molar-refractivity contribution is 0.419. The van der Waals surface area contributed by atoms with Crippen LogP contribution >= 0.6 is 11.6 Å². The van der Waals surface area contributed by atoms with Gasteiger partial charge in [0.25, 0.3) is 0 Å². The van der Waals surface area contributed by atoms with Crippen LogP contribution in [0.2, 0.25) is 0 Å². The number of nitrogens with zero attached hydrogens (tertiary/aromatic N) is 2. The van der Waals surface area contributed by atoms with Gasteiger partial charge in [0.15, 0.2) is 0 Å². The van der Waals surface area contributed by atoms with E-state index in [1.54, 1.807) is 7.11 Å². The summed E-state index contributed by atoms with van der Waals surface area (Å²) in [6.07, 6.45) is 4.39. The molecule has 1 aromatic carbocycles. The fourth-order valence-electron chi connectivity index (χ4n) is 2.69. The Morgan fingerprint density at radius 2 is 2.20 bits per heavy atom. The van der Waals surface area contributed by atoms with Gasteiger partial charge in [-0.1, -0.05) is 25.8 Å². The van der Waals surface area contributed by atoms with Crippen molar-refractivity contribution < 1.29 is 4.74 Å². The Kier molecular flexibility index (Phi) is 5.30. The van der Waals surface area contributed by atoms with Gasteiger partial charge in [-0.25, -0.2) is 4.98 Å². The first-order valence-corrected chi connectivity index (χ1v) is 7.86.